The summed E-state index contributed by atoms with van der Waals surface area (Å²) >= 11 is 6.84. The second-order valence-corrected chi connectivity index (χ2v) is 12.1. The second-order valence-electron chi connectivity index (χ2n) is 8.46. The van der Waals surface area contributed by atoms with Gasteiger partial charge in [-0.25, -0.2) is 8.42 Å². The number of carbonyl (C=O) groups excluding carboxylic acids is 1. The van der Waals surface area contributed by atoms with Crippen LogP contribution >= 0.6 is 22.9 Å². The Kier molecular flexibility index (Phi) is 7.36. The monoisotopic (exact) mass is 561 g/mol. The number of amides is 1. The lowest BCUT2D eigenvalue weighted by atomic mass is 10.1. The Morgan fingerprint density at radius 3 is 2.78 bits per heavy atom. The molecule has 0 radical (unpaired) electrons. The van der Waals surface area contributed by atoms with Crippen molar-refractivity contribution in [2.45, 2.75) is 23.3 Å². The number of benzene rings is 2. The third-order valence-electron chi connectivity index (χ3n) is 5.83. The van der Waals surface area contributed by atoms with Crippen molar-refractivity contribution in [1.82, 2.24) is 20.4 Å². The molecule has 0 aliphatic carbocycles. The van der Waals surface area contributed by atoms with E-state index in [-0.39, 0.29) is 27.7 Å². The Bertz CT molecular complexity index is 1550. The van der Waals surface area contributed by atoms with E-state index in [1.54, 1.807) is 16.8 Å². The average Bonchev–Trinajstić information content (AvgIpc) is 3.48. The summed E-state index contributed by atoms with van der Waals surface area (Å²) in [4.78, 5) is 12.4. The van der Waals surface area contributed by atoms with Crippen LogP contribution in [0.1, 0.15) is 11.1 Å². The summed E-state index contributed by atoms with van der Waals surface area (Å²) in [6, 6.07) is 15.1. The highest BCUT2D eigenvalue weighted by Gasteiger charge is 2.23. The van der Waals surface area contributed by atoms with E-state index in [0.29, 0.717) is 48.1 Å². The standard InChI is InChI=1S/C24H24ClN5O5S2/c25-20-7-8-21(36-20)37(33,34)29-23-22-18(5-2-6-19(22)31)30(28-23)13-16-4-1-3-15(11-16)12-27-24(32)17-14-35-10-9-26-17/h1-8,11,17,26,31H,9-10,12-14H2,(H,27,32)(H,28,29)/t17-/m0/s1. The van der Waals surface area contributed by atoms with E-state index in [4.69, 9.17) is 16.3 Å². The van der Waals surface area contributed by atoms with Gasteiger partial charge in [0.25, 0.3) is 10.0 Å². The number of aromatic nitrogens is 2. The number of phenols is 1. The SMILES string of the molecule is O=C(NCc1cccc(Cn2nc(NS(=O)(=O)c3ccc(Cl)s3)c3c(O)cccc32)c1)[C@@H]1COCCN1. The van der Waals surface area contributed by atoms with Crippen LogP contribution in [0.5, 0.6) is 5.75 Å². The molecule has 1 amide bonds. The lowest BCUT2D eigenvalue weighted by Gasteiger charge is -2.22. The van der Waals surface area contributed by atoms with E-state index < -0.39 is 10.0 Å². The zero-order valence-electron chi connectivity index (χ0n) is 19.5. The molecule has 2 aromatic carbocycles. The van der Waals surface area contributed by atoms with Crippen LogP contribution in [0.3, 0.4) is 0 Å². The van der Waals surface area contributed by atoms with E-state index in [2.05, 4.69) is 20.5 Å². The first-order valence-corrected chi connectivity index (χ1v) is 14.1. The molecule has 0 saturated carbocycles. The second kappa shape index (κ2) is 10.7. The van der Waals surface area contributed by atoms with E-state index >= 15 is 0 Å². The van der Waals surface area contributed by atoms with Gasteiger partial charge in [0, 0.05) is 13.1 Å². The molecule has 13 heteroatoms. The van der Waals surface area contributed by atoms with Crippen molar-refractivity contribution in [2.75, 3.05) is 24.5 Å². The third kappa shape index (κ3) is 5.73. The zero-order chi connectivity index (χ0) is 26.0. The number of morpholine rings is 1. The number of nitrogens with zero attached hydrogens (tertiary/aromatic N) is 2. The molecule has 10 nitrogen and oxygen atoms in total. The molecule has 3 heterocycles. The number of carbonyl (C=O) groups is 1. The van der Waals surface area contributed by atoms with Gasteiger partial charge in [-0.05, 0) is 35.4 Å². The summed E-state index contributed by atoms with van der Waals surface area (Å²) in [5, 5.41) is 21.3. The van der Waals surface area contributed by atoms with Crippen molar-refractivity contribution in [2.24, 2.45) is 0 Å². The molecule has 0 bridgehead atoms. The first-order valence-electron chi connectivity index (χ1n) is 11.4. The molecule has 4 N–H and O–H groups in total. The maximum atomic E-state index is 12.9. The number of nitrogens with one attached hydrogen (secondary N) is 3. The summed E-state index contributed by atoms with van der Waals surface area (Å²) in [7, 11) is -3.95. The van der Waals surface area contributed by atoms with Gasteiger partial charge in [0.15, 0.2) is 5.82 Å². The number of aromatic hydroxyl groups is 1. The first-order chi connectivity index (χ1) is 17.8. The van der Waals surface area contributed by atoms with Crippen molar-refractivity contribution in [3.05, 3.63) is 70.1 Å². The molecular weight excluding hydrogens is 538 g/mol. The van der Waals surface area contributed by atoms with E-state index in [1.165, 1.54) is 18.2 Å². The predicted octanol–water partition coefficient (Wildman–Crippen LogP) is 2.91. The highest BCUT2D eigenvalue weighted by Crippen LogP contribution is 2.34. The maximum absolute atomic E-state index is 12.9. The van der Waals surface area contributed by atoms with Crippen molar-refractivity contribution in [1.29, 1.82) is 0 Å². The number of ether oxygens (including phenoxy) is 1. The smallest absolute Gasteiger partial charge is 0.272 e. The quantitative estimate of drug-likeness (QED) is 0.260. The van der Waals surface area contributed by atoms with E-state index in [9.17, 15) is 18.3 Å². The molecule has 5 rings (SSSR count). The molecular formula is C24H24ClN5O5S2. The van der Waals surface area contributed by atoms with E-state index in [1.807, 2.05) is 24.3 Å². The van der Waals surface area contributed by atoms with Crippen molar-refractivity contribution in [3.63, 3.8) is 0 Å². The number of halogens is 1. The van der Waals surface area contributed by atoms with Crippen LogP contribution in [0, 0.1) is 0 Å². The molecule has 4 aromatic rings. The number of anilines is 1. The summed E-state index contributed by atoms with van der Waals surface area (Å²) < 4.78 is 35.6. The van der Waals surface area contributed by atoms with Crippen molar-refractivity contribution >= 4 is 55.6 Å². The van der Waals surface area contributed by atoms with Gasteiger partial charge in [0.2, 0.25) is 5.91 Å². The Morgan fingerprint density at radius 1 is 1.22 bits per heavy atom. The number of rotatable bonds is 8. The number of phenolic OH excluding ortho intramolecular Hbond substituents is 1. The molecule has 1 fully saturated rings. The zero-order valence-corrected chi connectivity index (χ0v) is 21.9. The molecule has 37 heavy (non-hydrogen) atoms. The summed E-state index contributed by atoms with van der Waals surface area (Å²) in [6.45, 7) is 2.24. The topological polar surface area (TPSA) is 135 Å². The number of fused-ring (bicyclic) bond motifs is 1. The van der Waals surface area contributed by atoms with Gasteiger partial charge in [-0.3, -0.25) is 14.2 Å². The molecule has 0 spiro atoms. The van der Waals surface area contributed by atoms with Gasteiger partial charge in [-0.1, -0.05) is 41.9 Å². The van der Waals surface area contributed by atoms with Crippen molar-refractivity contribution < 1.29 is 23.1 Å². The molecule has 194 valence electrons. The lowest BCUT2D eigenvalue weighted by Crippen LogP contribution is -2.51. The minimum absolute atomic E-state index is 0.0169. The normalized spacial score (nSPS) is 16.1. The van der Waals surface area contributed by atoms with Gasteiger partial charge < -0.3 is 20.5 Å². The van der Waals surface area contributed by atoms with Crippen LogP contribution in [0.15, 0.2) is 58.8 Å². The minimum atomic E-state index is -3.95. The van der Waals surface area contributed by atoms with Gasteiger partial charge in [-0.15, -0.1) is 11.3 Å². The highest BCUT2D eigenvalue weighted by atomic mass is 35.5. The summed E-state index contributed by atoms with van der Waals surface area (Å²) in [5.41, 5.74) is 2.35. The molecule has 1 saturated heterocycles. The number of hydrogen-bond acceptors (Lipinski definition) is 8. The fraction of sp³-hybridized carbons (Fsp3) is 0.250. The fourth-order valence-electron chi connectivity index (χ4n) is 4.08. The van der Waals surface area contributed by atoms with Crippen LogP contribution in [-0.2, 0) is 32.6 Å². The Labute approximate surface area is 222 Å². The Morgan fingerprint density at radius 2 is 2.03 bits per heavy atom. The fourth-order valence-corrected chi connectivity index (χ4v) is 6.57. The van der Waals surface area contributed by atoms with Gasteiger partial charge in [0.1, 0.15) is 16.0 Å². The van der Waals surface area contributed by atoms with Crippen LogP contribution < -0.4 is 15.4 Å². The molecule has 2 aromatic heterocycles. The largest absolute Gasteiger partial charge is 0.507 e. The third-order valence-corrected chi connectivity index (χ3v) is 8.89. The maximum Gasteiger partial charge on any atom is 0.272 e. The molecule has 0 unspecified atom stereocenters. The van der Waals surface area contributed by atoms with Crippen LogP contribution in [0.4, 0.5) is 5.82 Å². The Balaban J connectivity index is 1.36. The van der Waals surface area contributed by atoms with E-state index in [0.717, 1.165) is 22.5 Å². The van der Waals surface area contributed by atoms with Gasteiger partial charge in [-0.2, -0.15) is 5.10 Å². The first kappa shape index (κ1) is 25.5. The Hall–Kier alpha value is -3.16. The highest BCUT2D eigenvalue weighted by molar-refractivity contribution is 7.94. The minimum Gasteiger partial charge on any atom is -0.507 e. The van der Waals surface area contributed by atoms with Gasteiger partial charge >= 0.3 is 0 Å². The number of thiophene rings is 1. The predicted molar refractivity (Wildman–Crippen MR) is 142 cm³/mol. The van der Waals surface area contributed by atoms with Crippen LogP contribution in [0.25, 0.3) is 10.9 Å². The van der Waals surface area contributed by atoms with Crippen molar-refractivity contribution in [3.8, 4) is 5.75 Å². The van der Waals surface area contributed by atoms with Gasteiger partial charge in [0.05, 0.1) is 35.0 Å². The summed E-state index contributed by atoms with van der Waals surface area (Å²) in [6.07, 6.45) is 0. The van der Waals surface area contributed by atoms with Crippen LogP contribution in [-0.4, -0.2) is 55.0 Å². The molecule has 1 aliphatic heterocycles. The number of hydrogen-bond donors (Lipinski definition) is 4. The lowest BCUT2D eigenvalue weighted by molar-refractivity contribution is -0.126. The molecule has 1 aliphatic rings. The molecule has 1 atom stereocenters. The van der Waals surface area contributed by atoms with Crippen LogP contribution in [0.2, 0.25) is 4.34 Å². The summed E-state index contributed by atoms with van der Waals surface area (Å²) in [5.74, 6) is -0.201. The average molecular weight is 562 g/mol. The number of sulfonamides is 1.